The van der Waals surface area contributed by atoms with Gasteiger partial charge >= 0.3 is 0 Å². The maximum Gasteiger partial charge on any atom is 0.271 e. The molecule has 17 heavy (non-hydrogen) atoms. The summed E-state index contributed by atoms with van der Waals surface area (Å²) < 4.78 is 1.53. The van der Waals surface area contributed by atoms with E-state index in [1.54, 1.807) is 14.0 Å². The van der Waals surface area contributed by atoms with Gasteiger partial charge in [0, 0.05) is 13.1 Å². The Balaban J connectivity index is 2.76. The summed E-state index contributed by atoms with van der Waals surface area (Å²) in [5.74, 6) is 0.398. The minimum Gasteiger partial charge on any atom is -0.395 e. The van der Waals surface area contributed by atoms with Gasteiger partial charge in [0.2, 0.25) is 0 Å². The summed E-state index contributed by atoms with van der Waals surface area (Å²) in [5, 5.41) is 7.07. The first-order chi connectivity index (χ1) is 7.82. The lowest BCUT2D eigenvalue weighted by Crippen LogP contribution is -2.35. The number of amides is 1. The zero-order chi connectivity index (χ0) is 13.2. The van der Waals surface area contributed by atoms with Crippen molar-refractivity contribution in [3.8, 4) is 0 Å². The van der Waals surface area contributed by atoms with E-state index < -0.39 is 0 Å². The second-order valence-electron chi connectivity index (χ2n) is 4.98. The molecule has 1 aromatic heterocycles. The Hall–Kier alpha value is -1.52. The summed E-state index contributed by atoms with van der Waals surface area (Å²) >= 11 is 0. The topological polar surface area (TPSA) is 72.9 Å². The molecule has 1 heterocycles. The molecule has 1 atom stereocenters. The molecule has 0 aliphatic carbocycles. The first kappa shape index (κ1) is 13.5. The number of carbonyl (C=O) groups is 1. The molecular formula is C12H22N4O. The van der Waals surface area contributed by atoms with Crippen molar-refractivity contribution in [3.05, 3.63) is 11.4 Å². The first-order valence-electron chi connectivity index (χ1n) is 5.92. The summed E-state index contributed by atoms with van der Waals surface area (Å²) in [6, 6.07) is 0.136. The highest BCUT2D eigenvalue weighted by Crippen LogP contribution is 2.15. The number of aryl methyl sites for hydroxylation is 2. The van der Waals surface area contributed by atoms with E-state index in [0.29, 0.717) is 23.0 Å². The van der Waals surface area contributed by atoms with Crippen LogP contribution in [-0.4, -0.2) is 21.7 Å². The van der Waals surface area contributed by atoms with Gasteiger partial charge in [0.05, 0.1) is 11.4 Å². The number of aromatic nitrogens is 2. The highest BCUT2D eigenvalue weighted by atomic mass is 16.2. The van der Waals surface area contributed by atoms with Crippen molar-refractivity contribution in [2.75, 3.05) is 5.73 Å². The van der Waals surface area contributed by atoms with Crippen LogP contribution >= 0.6 is 0 Å². The smallest absolute Gasteiger partial charge is 0.271 e. The van der Waals surface area contributed by atoms with Gasteiger partial charge < -0.3 is 11.1 Å². The lowest BCUT2D eigenvalue weighted by atomic mass is 10.1. The normalized spacial score (nSPS) is 12.8. The fraction of sp³-hybridized carbons (Fsp3) is 0.667. The summed E-state index contributed by atoms with van der Waals surface area (Å²) in [6.07, 6.45) is 0.947. The zero-order valence-electron chi connectivity index (χ0n) is 11.2. The predicted molar refractivity (Wildman–Crippen MR) is 68.7 cm³/mol. The average Bonchev–Trinajstić information content (AvgIpc) is 2.39. The number of hydrogen-bond acceptors (Lipinski definition) is 3. The van der Waals surface area contributed by atoms with Gasteiger partial charge in [-0.15, -0.1) is 0 Å². The number of nitrogen functional groups attached to an aromatic ring is 1. The van der Waals surface area contributed by atoms with Crippen LogP contribution in [0.15, 0.2) is 0 Å². The molecule has 0 saturated heterocycles. The monoisotopic (exact) mass is 238 g/mol. The van der Waals surface area contributed by atoms with Crippen LogP contribution in [-0.2, 0) is 7.05 Å². The molecular weight excluding hydrogens is 216 g/mol. The van der Waals surface area contributed by atoms with Gasteiger partial charge in [0.1, 0.15) is 5.69 Å². The highest BCUT2D eigenvalue weighted by molar-refractivity contribution is 5.98. The SMILES string of the molecule is Cc1nn(C)c(C(=O)NC(C)CC(C)C)c1N. The molecule has 5 nitrogen and oxygen atoms in total. The highest BCUT2D eigenvalue weighted by Gasteiger charge is 2.19. The van der Waals surface area contributed by atoms with Crippen LogP contribution in [0.3, 0.4) is 0 Å². The molecule has 3 N–H and O–H groups in total. The summed E-state index contributed by atoms with van der Waals surface area (Å²) in [6.45, 7) is 8.05. The summed E-state index contributed by atoms with van der Waals surface area (Å²) in [5.41, 5.74) is 7.43. The van der Waals surface area contributed by atoms with Crippen molar-refractivity contribution < 1.29 is 4.79 Å². The second kappa shape index (κ2) is 5.21. The van der Waals surface area contributed by atoms with Crippen molar-refractivity contribution in [2.45, 2.75) is 40.2 Å². The number of nitrogens with zero attached hydrogens (tertiary/aromatic N) is 2. The molecule has 1 unspecified atom stereocenters. The van der Waals surface area contributed by atoms with Crippen molar-refractivity contribution in [1.82, 2.24) is 15.1 Å². The Labute approximate surface area is 102 Å². The van der Waals surface area contributed by atoms with Gasteiger partial charge in [-0.25, -0.2) is 0 Å². The van der Waals surface area contributed by atoms with Crippen LogP contribution in [0.4, 0.5) is 5.69 Å². The number of nitrogens with two attached hydrogens (primary N) is 1. The fourth-order valence-electron chi connectivity index (χ4n) is 2.00. The molecule has 0 saturated carbocycles. The number of rotatable bonds is 4. The Morgan fingerprint density at radius 1 is 1.47 bits per heavy atom. The number of anilines is 1. The Morgan fingerprint density at radius 2 is 2.06 bits per heavy atom. The lowest BCUT2D eigenvalue weighted by molar-refractivity contribution is 0.0927. The van der Waals surface area contributed by atoms with E-state index in [1.807, 2.05) is 6.92 Å². The molecule has 96 valence electrons. The Morgan fingerprint density at radius 3 is 2.47 bits per heavy atom. The molecule has 0 spiro atoms. The van der Waals surface area contributed by atoms with Crippen molar-refractivity contribution >= 4 is 11.6 Å². The maximum atomic E-state index is 12.0. The predicted octanol–water partition coefficient (Wildman–Crippen LogP) is 1.48. The van der Waals surface area contributed by atoms with E-state index in [9.17, 15) is 4.79 Å². The van der Waals surface area contributed by atoms with E-state index in [2.05, 4.69) is 24.3 Å². The van der Waals surface area contributed by atoms with Crippen LogP contribution < -0.4 is 11.1 Å². The first-order valence-corrected chi connectivity index (χ1v) is 5.92. The molecule has 1 aromatic rings. The molecule has 0 fully saturated rings. The number of hydrogen-bond donors (Lipinski definition) is 2. The molecule has 0 bridgehead atoms. The van der Waals surface area contributed by atoms with Crippen LogP contribution in [0.2, 0.25) is 0 Å². The summed E-state index contributed by atoms with van der Waals surface area (Å²) in [4.78, 5) is 12.0. The van der Waals surface area contributed by atoms with Crippen LogP contribution in [0.5, 0.6) is 0 Å². The van der Waals surface area contributed by atoms with E-state index >= 15 is 0 Å². The van der Waals surface area contributed by atoms with Crippen LogP contribution in [0.1, 0.15) is 43.4 Å². The Bertz CT molecular complexity index is 409. The second-order valence-corrected chi connectivity index (χ2v) is 4.98. The van der Waals surface area contributed by atoms with Crippen LogP contribution in [0, 0.1) is 12.8 Å². The summed E-state index contributed by atoms with van der Waals surface area (Å²) in [7, 11) is 1.73. The fourth-order valence-corrected chi connectivity index (χ4v) is 2.00. The Kier molecular flexibility index (Phi) is 4.15. The zero-order valence-corrected chi connectivity index (χ0v) is 11.2. The largest absolute Gasteiger partial charge is 0.395 e. The van der Waals surface area contributed by atoms with Gasteiger partial charge in [-0.2, -0.15) is 5.10 Å². The molecule has 0 aliphatic heterocycles. The number of carbonyl (C=O) groups excluding carboxylic acids is 1. The van der Waals surface area contributed by atoms with Crippen molar-refractivity contribution in [3.63, 3.8) is 0 Å². The van der Waals surface area contributed by atoms with E-state index in [-0.39, 0.29) is 11.9 Å². The van der Waals surface area contributed by atoms with Crippen molar-refractivity contribution in [1.29, 1.82) is 0 Å². The van der Waals surface area contributed by atoms with E-state index in [1.165, 1.54) is 4.68 Å². The number of nitrogens with one attached hydrogen (secondary N) is 1. The maximum absolute atomic E-state index is 12.0. The molecule has 0 aliphatic rings. The van der Waals surface area contributed by atoms with Gasteiger partial charge in [0.15, 0.2) is 0 Å². The average molecular weight is 238 g/mol. The van der Waals surface area contributed by atoms with Crippen molar-refractivity contribution in [2.24, 2.45) is 13.0 Å². The molecule has 1 rings (SSSR count). The lowest BCUT2D eigenvalue weighted by Gasteiger charge is -2.16. The van der Waals surface area contributed by atoms with E-state index in [0.717, 1.165) is 6.42 Å². The standard InChI is InChI=1S/C12H22N4O/c1-7(2)6-8(3)14-12(17)11-10(13)9(4)15-16(11)5/h7-8H,6,13H2,1-5H3,(H,14,17). The quantitative estimate of drug-likeness (QED) is 0.834. The van der Waals surface area contributed by atoms with Gasteiger partial charge in [-0.3, -0.25) is 9.48 Å². The molecule has 0 radical (unpaired) electrons. The molecule has 5 heteroatoms. The van der Waals surface area contributed by atoms with Gasteiger partial charge in [-0.1, -0.05) is 13.8 Å². The van der Waals surface area contributed by atoms with Gasteiger partial charge in [-0.05, 0) is 26.2 Å². The third kappa shape index (κ3) is 3.22. The van der Waals surface area contributed by atoms with E-state index in [4.69, 9.17) is 5.73 Å². The third-order valence-corrected chi connectivity index (χ3v) is 2.69. The molecule has 0 aromatic carbocycles. The minimum atomic E-state index is -0.154. The third-order valence-electron chi connectivity index (χ3n) is 2.69. The van der Waals surface area contributed by atoms with Crippen LogP contribution in [0.25, 0.3) is 0 Å². The van der Waals surface area contributed by atoms with Gasteiger partial charge in [0.25, 0.3) is 5.91 Å². The molecule has 1 amide bonds. The minimum absolute atomic E-state index is 0.136.